The molecule has 0 atom stereocenters. The van der Waals surface area contributed by atoms with E-state index in [4.69, 9.17) is 16.3 Å². The van der Waals surface area contributed by atoms with Crippen molar-refractivity contribution in [3.8, 4) is 22.7 Å². The van der Waals surface area contributed by atoms with Crippen LogP contribution in [0.15, 0.2) is 53.5 Å². The lowest BCUT2D eigenvalue weighted by Gasteiger charge is -2.15. The van der Waals surface area contributed by atoms with Crippen LogP contribution < -0.4 is 10.4 Å². The van der Waals surface area contributed by atoms with Gasteiger partial charge in [-0.2, -0.15) is 14.5 Å². The minimum atomic E-state index is -0.299. The van der Waals surface area contributed by atoms with E-state index in [9.17, 15) is 4.79 Å². The second-order valence-corrected chi connectivity index (χ2v) is 8.13. The molecule has 2 aromatic carbocycles. The molecule has 0 amide bonds. The number of benzene rings is 2. The zero-order valence-corrected chi connectivity index (χ0v) is 18.0. The second kappa shape index (κ2) is 7.70. The lowest BCUT2D eigenvalue weighted by atomic mass is 10.0. The number of aromatic nitrogens is 6. The van der Waals surface area contributed by atoms with Crippen LogP contribution in [0.5, 0.6) is 5.75 Å². The van der Waals surface area contributed by atoms with Crippen molar-refractivity contribution in [3.63, 3.8) is 0 Å². The predicted octanol–water partition coefficient (Wildman–Crippen LogP) is 3.48. The Balaban J connectivity index is 1.46. The third kappa shape index (κ3) is 3.74. The Bertz CT molecular complexity index is 1320. The van der Waals surface area contributed by atoms with Crippen LogP contribution >= 0.6 is 11.6 Å². The number of nitrogens with zero attached hydrogens (tertiary/aromatic N) is 6. The highest BCUT2D eigenvalue weighted by molar-refractivity contribution is 6.32. The molecule has 5 rings (SSSR count). The second-order valence-electron chi connectivity index (χ2n) is 7.72. The van der Waals surface area contributed by atoms with Gasteiger partial charge < -0.3 is 4.74 Å². The van der Waals surface area contributed by atoms with E-state index in [-0.39, 0.29) is 12.3 Å². The first-order valence-electron chi connectivity index (χ1n) is 10.0. The van der Waals surface area contributed by atoms with Gasteiger partial charge in [-0.3, -0.25) is 4.68 Å². The number of aryl methyl sites for hydroxylation is 2. The Labute approximate surface area is 183 Å². The molecule has 2 heterocycles. The molecule has 0 unspecified atom stereocenters. The largest absolute Gasteiger partial charge is 0.487 e. The molecule has 0 spiro atoms. The van der Waals surface area contributed by atoms with E-state index in [0.29, 0.717) is 22.4 Å². The van der Waals surface area contributed by atoms with Crippen molar-refractivity contribution in [2.24, 2.45) is 14.1 Å². The van der Waals surface area contributed by atoms with E-state index in [1.807, 2.05) is 49.6 Å². The van der Waals surface area contributed by atoms with Crippen molar-refractivity contribution in [3.05, 3.63) is 75.3 Å². The van der Waals surface area contributed by atoms with Crippen molar-refractivity contribution in [1.82, 2.24) is 29.6 Å². The number of hydrogen-bond acceptors (Lipinski definition) is 5. The third-order valence-corrected chi connectivity index (χ3v) is 5.76. The van der Waals surface area contributed by atoms with Crippen LogP contribution in [0.1, 0.15) is 29.9 Å². The maximum Gasteiger partial charge on any atom is 0.368 e. The van der Waals surface area contributed by atoms with Gasteiger partial charge in [0.2, 0.25) is 0 Å². The van der Waals surface area contributed by atoms with Crippen molar-refractivity contribution in [2.45, 2.75) is 25.4 Å². The standard InChI is InChI=1S/C22H21ClN6O2/c1-27-11-10-19(24-27)15-8-9-21(18(23)12-15)31-13-17-16(14-6-7-14)4-3-5-20(17)29-22(30)28(2)25-26-29/h3-5,8-12,14H,6-7,13H2,1-2H3. The summed E-state index contributed by atoms with van der Waals surface area (Å²) in [5, 5.41) is 12.8. The quantitative estimate of drug-likeness (QED) is 0.462. The summed E-state index contributed by atoms with van der Waals surface area (Å²) in [6.45, 7) is 0.272. The summed E-state index contributed by atoms with van der Waals surface area (Å²) < 4.78 is 10.4. The highest BCUT2D eigenvalue weighted by atomic mass is 35.5. The molecule has 1 fully saturated rings. The summed E-state index contributed by atoms with van der Waals surface area (Å²) in [5.74, 6) is 1.05. The van der Waals surface area contributed by atoms with Crippen molar-refractivity contribution in [1.29, 1.82) is 0 Å². The van der Waals surface area contributed by atoms with E-state index in [2.05, 4.69) is 21.6 Å². The highest BCUT2D eigenvalue weighted by Gasteiger charge is 2.28. The molecule has 1 saturated carbocycles. The topological polar surface area (TPSA) is 79.8 Å². The van der Waals surface area contributed by atoms with Gasteiger partial charge in [0.25, 0.3) is 0 Å². The molecule has 0 bridgehead atoms. The molecule has 1 aliphatic rings. The van der Waals surface area contributed by atoms with E-state index in [1.54, 1.807) is 11.7 Å². The third-order valence-electron chi connectivity index (χ3n) is 5.47. The number of tetrazole rings is 1. The summed E-state index contributed by atoms with van der Waals surface area (Å²) in [6, 6.07) is 13.5. The van der Waals surface area contributed by atoms with Crippen molar-refractivity contribution >= 4 is 11.6 Å². The monoisotopic (exact) mass is 436 g/mol. The van der Waals surface area contributed by atoms with Crippen LogP contribution in [-0.2, 0) is 20.7 Å². The molecule has 9 heteroatoms. The van der Waals surface area contributed by atoms with Crippen LogP contribution in [0.2, 0.25) is 5.02 Å². The molecule has 0 saturated heterocycles. The molecule has 1 aliphatic carbocycles. The molecule has 2 aromatic heterocycles. The minimum Gasteiger partial charge on any atom is -0.487 e. The van der Waals surface area contributed by atoms with Gasteiger partial charge in [0, 0.05) is 31.4 Å². The van der Waals surface area contributed by atoms with Crippen LogP contribution in [-0.4, -0.2) is 29.6 Å². The Morgan fingerprint density at radius 2 is 1.97 bits per heavy atom. The summed E-state index contributed by atoms with van der Waals surface area (Å²) in [7, 11) is 3.45. The average Bonchev–Trinajstić information content (AvgIpc) is 3.44. The molecule has 158 valence electrons. The lowest BCUT2D eigenvalue weighted by molar-refractivity contribution is 0.304. The van der Waals surface area contributed by atoms with Gasteiger partial charge in [-0.05, 0) is 65.1 Å². The van der Waals surface area contributed by atoms with Gasteiger partial charge in [0.1, 0.15) is 12.4 Å². The molecule has 0 radical (unpaired) electrons. The summed E-state index contributed by atoms with van der Waals surface area (Å²) >= 11 is 6.51. The van der Waals surface area contributed by atoms with Gasteiger partial charge >= 0.3 is 5.69 Å². The molecule has 0 aliphatic heterocycles. The predicted molar refractivity (Wildman–Crippen MR) is 117 cm³/mol. The molecule has 31 heavy (non-hydrogen) atoms. The maximum atomic E-state index is 12.5. The number of ether oxygens (including phenoxy) is 1. The number of rotatable bonds is 6. The maximum absolute atomic E-state index is 12.5. The number of hydrogen-bond donors (Lipinski definition) is 0. The Morgan fingerprint density at radius 1 is 1.13 bits per heavy atom. The van der Waals surface area contributed by atoms with Gasteiger partial charge in [-0.1, -0.05) is 23.7 Å². The van der Waals surface area contributed by atoms with Gasteiger partial charge in [-0.25, -0.2) is 4.79 Å². The fourth-order valence-corrected chi connectivity index (χ4v) is 3.92. The minimum absolute atomic E-state index is 0.272. The zero-order chi connectivity index (χ0) is 21.5. The van der Waals surface area contributed by atoms with Crippen molar-refractivity contribution in [2.75, 3.05) is 0 Å². The van der Waals surface area contributed by atoms with Gasteiger partial charge in [-0.15, -0.1) is 0 Å². The Hall–Kier alpha value is -3.39. The Morgan fingerprint density at radius 3 is 2.61 bits per heavy atom. The smallest absolute Gasteiger partial charge is 0.368 e. The first kappa shape index (κ1) is 19.6. The van der Waals surface area contributed by atoms with Crippen LogP contribution in [0.4, 0.5) is 0 Å². The van der Waals surface area contributed by atoms with Crippen molar-refractivity contribution < 1.29 is 4.74 Å². The van der Waals surface area contributed by atoms with Crippen LogP contribution in [0.3, 0.4) is 0 Å². The fraction of sp³-hybridized carbons (Fsp3) is 0.273. The molecular formula is C22H21ClN6O2. The van der Waals surface area contributed by atoms with E-state index in [1.165, 1.54) is 14.9 Å². The average molecular weight is 437 g/mol. The zero-order valence-electron chi connectivity index (χ0n) is 17.2. The lowest BCUT2D eigenvalue weighted by Crippen LogP contribution is -2.23. The molecule has 0 N–H and O–H groups in total. The summed E-state index contributed by atoms with van der Waals surface area (Å²) in [5.41, 5.74) is 4.26. The Kier molecular flexibility index (Phi) is 4.86. The van der Waals surface area contributed by atoms with Crippen LogP contribution in [0, 0.1) is 0 Å². The summed E-state index contributed by atoms with van der Waals surface area (Å²) in [4.78, 5) is 12.5. The first-order valence-corrected chi connectivity index (χ1v) is 10.4. The SMILES string of the molecule is Cn1ccc(-c2ccc(OCc3c(C4CC4)cccc3-n3nnn(C)c3=O)c(Cl)c2)n1. The van der Waals surface area contributed by atoms with E-state index < -0.39 is 0 Å². The fourth-order valence-electron chi connectivity index (χ4n) is 3.69. The normalized spacial score (nSPS) is 13.5. The number of halogens is 1. The van der Waals surface area contributed by atoms with Gasteiger partial charge in [0.05, 0.1) is 16.4 Å². The summed E-state index contributed by atoms with van der Waals surface area (Å²) in [6.07, 6.45) is 4.15. The van der Waals surface area contributed by atoms with Gasteiger partial charge in [0.15, 0.2) is 0 Å². The van der Waals surface area contributed by atoms with E-state index in [0.717, 1.165) is 29.7 Å². The van der Waals surface area contributed by atoms with E-state index >= 15 is 0 Å². The molecule has 4 aromatic rings. The first-order chi connectivity index (χ1) is 15.0. The van der Waals surface area contributed by atoms with Crippen LogP contribution in [0.25, 0.3) is 16.9 Å². The molecule has 8 nitrogen and oxygen atoms in total. The molecular weight excluding hydrogens is 416 g/mol. The highest BCUT2D eigenvalue weighted by Crippen LogP contribution is 2.43.